The lowest BCUT2D eigenvalue weighted by molar-refractivity contribution is -0.137. The Kier molecular flexibility index (Phi) is 10.6. The Morgan fingerprint density at radius 1 is 1.02 bits per heavy atom. The summed E-state index contributed by atoms with van der Waals surface area (Å²) in [6.45, 7) is 7.76. The molecule has 45 heavy (non-hydrogen) atoms. The summed E-state index contributed by atoms with van der Waals surface area (Å²) in [5, 5.41) is 14.8. The molecule has 0 unspecified atom stereocenters. The third-order valence-electron chi connectivity index (χ3n) is 7.58. The lowest BCUT2D eigenvalue weighted by Crippen LogP contribution is -2.49. The molecule has 2 heterocycles. The zero-order valence-electron chi connectivity index (χ0n) is 25.5. The maximum atomic E-state index is 15.3. The van der Waals surface area contributed by atoms with E-state index in [1.165, 1.54) is 24.3 Å². The highest BCUT2D eigenvalue weighted by atomic mass is 19.2. The van der Waals surface area contributed by atoms with Gasteiger partial charge in [-0.05, 0) is 84.8 Å². The van der Waals surface area contributed by atoms with Gasteiger partial charge in [-0.3, -0.25) is 19.3 Å². The predicted molar refractivity (Wildman–Crippen MR) is 159 cm³/mol. The lowest BCUT2D eigenvalue weighted by Gasteiger charge is -2.33. The van der Waals surface area contributed by atoms with Gasteiger partial charge in [0.05, 0.1) is 18.2 Å². The van der Waals surface area contributed by atoms with Crippen molar-refractivity contribution in [3.63, 3.8) is 0 Å². The van der Waals surface area contributed by atoms with Crippen LogP contribution < -0.4 is 10.6 Å². The van der Waals surface area contributed by atoms with Crippen molar-refractivity contribution in [2.24, 2.45) is 5.92 Å². The number of carbonyl (C=O) groups excluding carboxylic acids is 2. The average Bonchev–Trinajstić information content (AvgIpc) is 2.92. The molecule has 1 fully saturated rings. The summed E-state index contributed by atoms with van der Waals surface area (Å²) in [6.07, 6.45) is -1.52. The molecule has 1 aromatic heterocycles. The Morgan fingerprint density at radius 3 is 2.29 bits per heavy atom. The number of nitrogens with zero attached hydrogens (tertiary/aromatic N) is 2. The van der Waals surface area contributed by atoms with Gasteiger partial charge >= 0.3 is 5.97 Å². The number of carbonyl (C=O) groups is 3. The first-order chi connectivity index (χ1) is 21.2. The first kappa shape index (κ1) is 33.6. The topological polar surface area (TPSA) is 112 Å². The molecule has 3 aromatic rings. The van der Waals surface area contributed by atoms with Crippen molar-refractivity contribution in [3.05, 3.63) is 88.0 Å². The molecule has 1 aliphatic heterocycles. The number of benzene rings is 2. The molecule has 3 N–H and O–H groups in total. The summed E-state index contributed by atoms with van der Waals surface area (Å²) >= 11 is 0. The number of nitrogens with one attached hydrogen (secondary N) is 2. The van der Waals surface area contributed by atoms with E-state index in [1.807, 2.05) is 18.7 Å². The summed E-state index contributed by atoms with van der Waals surface area (Å²) in [4.78, 5) is 44.7. The minimum atomic E-state index is -1.51. The highest BCUT2D eigenvalue weighted by Crippen LogP contribution is 2.33. The molecule has 0 spiro atoms. The van der Waals surface area contributed by atoms with Gasteiger partial charge in [-0.15, -0.1) is 0 Å². The van der Waals surface area contributed by atoms with Crippen LogP contribution >= 0.6 is 0 Å². The minimum Gasteiger partial charge on any atom is -0.481 e. The quantitative estimate of drug-likeness (QED) is 0.231. The highest BCUT2D eigenvalue weighted by molar-refractivity contribution is 5.96. The fourth-order valence-corrected chi connectivity index (χ4v) is 5.55. The van der Waals surface area contributed by atoms with E-state index in [0.29, 0.717) is 28.9 Å². The van der Waals surface area contributed by atoms with Crippen LogP contribution in [0.5, 0.6) is 0 Å². The van der Waals surface area contributed by atoms with Crippen molar-refractivity contribution in [1.29, 1.82) is 0 Å². The second kappa shape index (κ2) is 14.2. The van der Waals surface area contributed by atoms with Crippen molar-refractivity contribution < 1.29 is 37.1 Å². The zero-order chi connectivity index (χ0) is 33.0. The number of aryl methyl sites for hydroxylation is 2. The fourth-order valence-electron chi connectivity index (χ4n) is 5.55. The SMILES string of the molecule is Cc1cc(F)cc(C)c1-c1cc(F)c(F)c([C@H](CC(=O)O)NC(=O)[C@H](CC(C)C)NC(=O)c2cccc(CN3CC(F)C3)n2)c1. The number of hydrogen-bond acceptors (Lipinski definition) is 5. The molecular weight excluding hydrogens is 592 g/mol. The number of carboxylic acids is 1. The Labute approximate surface area is 258 Å². The monoisotopic (exact) mass is 628 g/mol. The van der Waals surface area contributed by atoms with Gasteiger partial charge in [0.2, 0.25) is 5.91 Å². The number of likely N-dealkylation sites (tertiary alicyclic amines) is 1. The van der Waals surface area contributed by atoms with Crippen LogP contribution in [0.3, 0.4) is 0 Å². The highest BCUT2D eigenvalue weighted by Gasteiger charge is 2.30. The van der Waals surface area contributed by atoms with Crippen LogP contribution in [0.15, 0.2) is 42.5 Å². The standard InChI is InChI=1S/C33H36F4N4O4/c1-17(2)8-28(40-32(44)26-7-5-6-23(38-26)16-41-14-22(35)15-41)33(45)39-27(13-29(42)43)24-11-20(12-25(36)31(24)37)30-18(3)9-21(34)10-19(30)4/h5-7,9-12,17,22,27-28H,8,13-16H2,1-4H3,(H,39,45)(H,40,44)(H,42,43)/t27-,28-/m0/s1. The molecule has 8 nitrogen and oxygen atoms in total. The largest absolute Gasteiger partial charge is 0.481 e. The summed E-state index contributed by atoms with van der Waals surface area (Å²) < 4.78 is 57.3. The van der Waals surface area contributed by atoms with E-state index in [-0.39, 0.29) is 36.7 Å². The van der Waals surface area contributed by atoms with Gasteiger partial charge in [0.25, 0.3) is 5.91 Å². The van der Waals surface area contributed by atoms with Gasteiger partial charge in [-0.25, -0.2) is 22.5 Å². The first-order valence-corrected chi connectivity index (χ1v) is 14.6. The summed E-state index contributed by atoms with van der Waals surface area (Å²) in [5.74, 6) is -6.05. The normalized spacial score (nSPS) is 15.0. The number of aromatic nitrogens is 1. The molecule has 240 valence electrons. The summed E-state index contributed by atoms with van der Waals surface area (Å²) in [7, 11) is 0. The first-order valence-electron chi connectivity index (χ1n) is 14.6. The number of aliphatic carboxylic acids is 1. The number of rotatable bonds is 12. The smallest absolute Gasteiger partial charge is 0.305 e. The average molecular weight is 629 g/mol. The van der Waals surface area contributed by atoms with E-state index in [0.717, 1.165) is 6.07 Å². The molecule has 2 amide bonds. The van der Waals surface area contributed by atoms with E-state index in [9.17, 15) is 32.7 Å². The number of carboxylic acid groups (broad SMARTS) is 1. The van der Waals surface area contributed by atoms with Crippen LogP contribution in [0.4, 0.5) is 17.6 Å². The molecule has 0 aliphatic carbocycles. The molecule has 12 heteroatoms. The van der Waals surface area contributed by atoms with Crippen molar-refractivity contribution in [3.8, 4) is 11.1 Å². The Balaban J connectivity index is 1.60. The van der Waals surface area contributed by atoms with Crippen LogP contribution in [0.25, 0.3) is 11.1 Å². The number of hydrogen-bond donors (Lipinski definition) is 3. The second-order valence-corrected chi connectivity index (χ2v) is 11.9. The number of amides is 2. The fraction of sp³-hybridized carbons (Fsp3) is 0.394. The molecule has 0 radical (unpaired) electrons. The molecule has 1 saturated heterocycles. The lowest BCUT2D eigenvalue weighted by atomic mass is 9.91. The molecule has 0 saturated carbocycles. The van der Waals surface area contributed by atoms with E-state index in [4.69, 9.17) is 0 Å². The third kappa shape index (κ3) is 8.44. The van der Waals surface area contributed by atoms with Gasteiger partial charge in [0, 0.05) is 25.2 Å². The number of pyridine rings is 1. The minimum absolute atomic E-state index is 0.0271. The number of alkyl halides is 1. The number of halogens is 4. The Bertz CT molecular complexity index is 1570. The zero-order valence-corrected chi connectivity index (χ0v) is 25.5. The maximum absolute atomic E-state index is 15.3. The van der Waals surface area contributed by atoms with E-state index < -0.39 is 65.5 Å². The second-order valence-electron chi connectivity index (χ2n) is 11.9. The maximum Gasteiger partial charge on any atom is 0.305 e. The van der Waals surface area contributed by atoms with Gasteiger partial charge in [0.15, 0.2) is 11.6 Å². The van der Waals surface area contributed by atoms with Crippen molar-refractivity contribution in [2.45, 2.75) is 65.3 Å². The molecule has 2 aromatic carbocycles. The van der Waals surface area contributed by atoms with Crippen LogP contribution in [-0.4, -0.2) is 58.1 Å². The van der Waals surface area contributed by atoms with E-state index in [2.05, 4.69) is 15.6 Å². The molecule has 2 atom stereocenters. The van der Waals surface area contributed by atoms with Crippen LogP contribution in [0, 0.1) is 37.2 Å². The van der Waals surface area contributed by atoms with Crippen LogP contribution in [0.2, 0.25) is 0 Å². The van der Waals surface area contributed by atoms with Gasteiger partial charge in [0.1, 0.15) is 23.7 Å². The molecule has 0 bridgehead atoms. The summed E-state index contributed by atoms with van der Waals surface area (Å²) in [5.41, 5.74) is 1.70. The van der Waals surface area contributed by atoms with Gasteiger partial charge in [-0.1, -0.05) is 19.9 Å². The van der Waals surface area contributed by atoms with E-state index in [1.54, 1.807) is 26.0 Å². The van der Waals surface area contributed by atoms with Gasteiger partial charge < -0.3 is 15.7 Å². The predicted octanol–water partition coefficient (Wildman–Crippen LogP) is 5.41. The molecule has 4 rings (SSSR count). The summed E-state index contributed by atoms with van der Waals surface area (Å²) in [6, 6.07) is 6.79. The van der Waals surface area contributed by atoms with Crippen LogP contribution in [-0.2, 0) is 16.1 Å². The Morgan fingerprint density at radius 2 is 1.69 bits per heavy atom. The van der Waals surface area contributed by atoms with Gasteiger partial charge in [-0.2, -0.15) is 0 Å². The van der Waals surface area contributed by atoms with Crippen molar-refractivity contribution in [1.82, 2.24) is 20.5 Å². The molecule has 1 aliphatic rings. The van der Waals surface area contributed by atoms with Crippen molar-refractivity contribution in [2.75, 3.05) is 13.1 Å². The molecular formula is C33H36F4N4O4. The van der Waals surface area contributed by atoms with Crippen molar-refractivity contribution >= 4 is 17.8 Å². The Hall–Kier alpha value is -4.32. The van der Waals surface area contributed by atoms with Crippen LogP contribution in [0.1, 0.15) is 65.6 Å². The third-order valence-corrected chi connectivity index (χ3v) is 7.58. The van der Waals surface area contributed by atoms with E-state index >= 15 is 4.39 Å².